The Hall–Kier alpha value is -2.04. The summed E-state index contributed by atoms with van der Waals surface area (Å²) in [7, 11) is 0. The van der Waals surface area contributed by atoms with Gasteiger partial charge in [-0.05, 0) is 31.0 Å². The Morgan fingerprint density at radius 2 is 2.33 bits per heavy atom. The first-order valence-electron chi connectivity index (χ1n) is 5.93. The van der Waals surface area contributed by atoms with Crippen LogP contribution in [-0.4, -0.2) is 29.7 Å². The molecule has 96 valence electrons. The van der Waals surface area contributed by atoms with Crippen molar-refractivity contribution >= 4 is 17.7 Å². The molecule has 0 aliphatic carbocycles. The number of carboxylic acids is 1. The molecule has 1 aromatic carbocycles. The molecule has 2 N–H and O–H groups in total. The monoisotopic (exact) mass is 248 g/mol. The van der Waals surface area contributed by atoms with Gasteiger partial charge in [0, 0.05) is 18.7 Å². The molecule has 0 spiro atoms. The average Bonchev–Trinajstić information content (AvgIpc) is 2.68. The van der Waals surface area contributed by atoms with Crippen LogP contribution in [0.2, 0.25) is 0 Å². The first-order chi connectivity index (χ1) is 8.58. The lowest BCUT2D eigenvalue weighted by molar-refractivity contribution is -0.137. The molecule has 2 rings (SSSR count). The highest BCUT2D eigenvalue weighted by Gasteiger charge is 2.31. The zero-order valence-electron chi connectivity index (χ0n) is 10.2. The summed E-state index contributed by atoms with van der Waals surface area (Å²) in [5.74, 6) is -0.835. The Bertz CT molecular complexity index is 473. The predicted molar refractivity (Wildman–Crippen MR) is 67.7 cm³/mol. The first kappa shape index (κ1) is 12.4. The van der Waals surface area contributed by atoms with Crippen LogP contribution in [0.15, 0.2) is 24.3 Å². The van der Waals surface area contributed by atoms with E-state index in [1.54, 1.807) is 4.90 Å². The van der Waals surface area contributed by atoms with E-state index in [2.05, 4.69) is 5.32 Å². The van der Waals surface area contributed by atoms with E-state index in [0.29, 0.717) is 13.0 Å². The van der Waals surface area contributed by atoms with Gasteiger partial charge in [0.1, 0.15) is 0 Å². The van der Waals surface area contributed by atoms with Crippen LogP contribution in [-0.2, 0) is 4.79 Å². The highest BCUT2D eigenvalue weighted by Crippen LogP contribution is 2.23. The zero-order valence-corrected chi connectivity index (χ0v) is 10.2. The third-order valence-corrected chi connectivity index (χ3v) is 3.04. The number of urea groups is 1. The number of anilines is 1. The summed E-state index contributed by atoms with van der Waals surface area (Å²) < 4.78 is 0. The van der Waals surface area contributed by atoms with E-state index in [4.69, 9.17) is 5.11 Å². The Morgan fingerprint density at radius 1 is 1.56 bits per heavy atom. The lowest BCUT2D eigenvalue weighted by Gasteiger charge is -2.23. The number of carboxylic acid groups (broad SMARTS) is 1. The molecule has 18 heavy (non-hydrogen) atoms. The van der Waals surface area contributed by atoms with Gasteiger partial charge in [0.05, 0.1) is 6.04 Å². The molecule has 0 bridgehead atoms. The summed E-state index contributed by atoms with van der Waals surface area (Å²) >= 11 is 0. The van der Waals surface area contributed by atoms with Gasteiger partial charge in [-0.15, -0.1) is 0 Å². The van der Waals surface area contributed by atoms with Crippen LogP contribution < -0.4 is 10.2 Å². The van der Waals surface area contributed by atoms with Gasteiger partial charge in [-0.1, -0.05) is 12.1 Å². The van der Waals surface area contributed by atoms with Crippen molar-refractivity contribution in [3.05, 3.63) is 29.8 Å². The van der Waals surface area contributed by atoms with Crippen molar-refractivity contribution in [2.45, 2.75) is 25.8 Å². The number of aryl methyl sites for hydroxylation is 1. The van der Waals surface area contributed by atoms with Crippen LogP contribution in [0, 0.1) is 6.92 Å². The summed E-state index contributed by atoms with van der Waals surface area (Å²) in [6.45, 7) is 2.46. The Morgan fingerprint density at radius 3 is 3.00 bits per heavy atom. The van der Waals surface area contributed by atoms with E-state index in [0.717, 1.165) is 11.3 Å². The van der Waals surface area contributed by atoms with Crippen molar-refractivity contribution < 1.29 is 14.7 Å². The molecular weight excluding hydrogens is 232 g/mol. The van der Waals surface area contributed by atoms with Crippen LogP contribution in [0.1, 0.15) is 18.4 Å². The molecule has 5 nitrogen and oxygen atoms in total. The smallest absolute Gasteiger partial charge is 0.322 e. The molecule has 1 aromatic rings. The van der Waals surface area contributed by atoms with Crippen LogP contribution in [0.5, 0.6) is 0 Å². The number of carbonyl (C=O) groups excluding carboxylic acids is 1. The molecular formula is C13H16N2O3. The zero-order chi connectivity index (χ0) is 13.1. The summed E-state index contributed by atoms with van der Waals surface area (Å²) in [6.07, 6.45) is 0.532. The summed E-state index contributed by atoms with van der Waals surface area (Å²) in [5, 5.41) is 11.5. The minimum Gasteiger partial charge on any atom is -0.481 e. The second kappa shape index (κ2) is 5.08. The number of hydrogen-bond donors (Lipinski definition) is 2. The van der Waals surface area contributed by atoms with Gasteiger partial charge < -0.3 is 10.4 Å². The van der Waals surface area contributed by atoms with E-state index >= 15 is 0 Å². The lowest BCUT2D eigenvalue weighted by atomic mass is 10.1. The maximum Gasteiger partial charge on any atom is 0.322 e. The number of carbonyl (C=O) groups is 2. The van der Waals surface area contributed by atoms with Gasteiger partial charge in [-0.3, -0.25) is 9.69 Å². The number of benzene rings is 1. The Kier molecular flexibility index (Phi) is 3.50. The van der Waals surface area contributed by atoms with Crippen molar-refractivity contribution in [1.82, 2.24) is 5.32 Å². The number of rotatable bonds is 4. The van der Waals surface area contributed by atoms with Crippen LogP contribution >= 0.6 is 0 Å². The quantitative estimate of drug-likeness (QED) is 0.853. The van der Waals surface area contributed by atoms with E-state index < -0.39 is 5.97 Å². The highest BCUT2D eigenvalue weighted by molar-refractivity contribution is 5.95. The van der Waals surface area contributed by atoms with Gasteiger partial charge in [-0.25, -0.2) is 4.79 Å². The maximum atomic E-state index is 11.8. The molecule has 0 saturated carbocycles. The van der Waals surface area contributed by atoms with Gasteiger partial charge in [0.2, 0.25) is 0 Å². The largest absolute Gasteiger partial charge is 0.481 e. The van der Waals surface area contributed by atoms with Crippen LogP contribution in [0.3, 0.4) is 0 Å². The molecule has 1 atom stereocenters. The SMILES string of the molecule is Cc1cccc(N2C(=O)NCC2CCC(=O)O)c1. The van der Waals surface area contributed by atoms with Crippen molar-refractivity contribution in [2.24, 2.45) is 0 Å². The van der Waals surface area contributed by atoms with Crippen LogP contribution in [0.4, 0.5) is 10.5 Å². The minimum atomic E-state index is -0.835. The molecule has 1 aliphatic rings. The van der Waals surface area contributed by atoms with E-state index in [1.807, 2.05) is 31.2 Å². The molecule has 0 aromatic heterocycles. The molecule has 1 fully saturated rings. The van der Waals surface area contributed by atoms with Gasteiger partial charge in [0.25, 0.3) is 0 Å². The minimum absolute atomic E-state index is 0.0714. The molecule has 2 amide bonds. The van der Waals surface area contributed by atoms with Crippen molar-refractivity contribution in [3.8, 4) is 0 Å². The molecule has 1 heterocycles. The van der Waals surface area contributed by atoms with Gasteiger partial charge in [0.15, 0.2) is 0 Å². The fourth-order valence-corrected chi connectivity index (χ4v) is 2.17. The molecule has 1 saturated heterocycles. The topological polar surface area (TPSA) is 69.6 Å². The number of nitrogens with one attached hydrogen (secondary N) is 1. The Labute approximate surface area is 105 Å². The first-order valence-corrected chi connectivity index (χ1v) is 5.93. The standard InChI is InChI=1S/C13H16N2O3/c1-9-3-2-4-10(7-9)15-11(5-6-12(16)17)8-14-13(15)18/h2-4,7,11H,5-6,8H2,1H3,(H,14,18)(H,16,17). The average molecular weight is 248 g/mol. The van der Waals surface area contributed by atoms with Gasteiger partial charge in [-0.2, -0.15) is 0 Å². The van der Waals surface area contributed by atoms with E-state index in [9.17, 15) is 9.59 Å². The Balaban J connectivity index is 2.17. The molecule has 5 heteroatoms. The number of hydrogen-bond acceptors (Lipinski definition) is 2. The second-order valence-corrected chi connectivity index (χ2v) is 4.48. The molecule has 1 unspecified atom stereocenters. The lowest BCUT2D eigenvalue weighted by Crippen LogP contribution is -2.34. The molecule has 0 radical (unpaired) electrons. The highest BCUT2D eigenvalue weighted by atomic mass is 16.4. The predicted octanol–water partition coefficient (Wildman–Crippen LogP) is 1.76. The second-order valence-electron chi connectivity index (χ2n) is 4.48. The number of amides is 2. The number of nitrogens with zero attached hydrogens (tertiary/aromatic N) is 1. The molecule has 1 aliphatic heterocycles. The summed E-state index contributed by atoms with van der Waals surface area (Å²) in [4.78, 5) is 24.1. The van der Waals surface area contributed by atoms with E-state index in [-0.39, 0.29) is 18.5 Å². The van der Waals surface area contributed by atoms with Crippen LogP contribution in [0.25, 0.3) is 0 Å². The van der Waals surface area contributed by atoms with Crippen molar-refractivity contribution in [2.75, 3.05) is 11.4 Å². The normalized spacial score (nSPS) is 18.8. The van der Waals surface area contributed by atoms with Crippen molar-refractivity contribution in [1.29, 1.82) is 0 Å². The van der Waals surface area contributed by atoms with E-state index in [1.165, 1.54) is 0 Å². The maximum absolute atomic E-state index is 11.8. The fraction of sp³-hybridized carbons (Fsp3) is 0.385. The van der Waals surface area contributed by atoms with Crippen molar-refractivity contribution in [3.63, 3.8) is 0 Å². The fourth-order valence-electron chi connectivity index (χ4n) is 2.17. The third-order valence-electron chi connectivity index (χ3n) is 3.04. The summed E-state index contributed by atoms with van der Waals surface area (Å²) in [5.41, 5.74) is 1.89. The number of aliphatic carboxylic acids is 1. The third kappa shape index (κ3) is 2.61. The summed E-state index contributed by atoms with van der Waals surface area (Å²) in [6, 6.07) is 7.41. The van der Waals surface area contributed by atoms with Gasteiger partial charge >= 0.3 is 12.0 Å².